The van der Waals surface area contributed by atoms with Crippen molar-refractivity contribution in [1.29, 1.82) is 0 Å². The van der Waals surface area contributed by atoms with Crippen LogP contribution in [0.2, 0.25) is 0 Å². The molecule has 0 radical (unpaired) electrons. The van der Waals surface area contributed by atoms with Crippen LogP contribution >= 0.6 is 0 Å². The van der Waals surface area contributed by atoms with Gasteiger partial charge in [-0.15, -0.1) is 0 Å². The van der Waals surface area contributed by atoms with E-state index in [1.165, 1.54) is 0 Å². The number of hydrogen-bond acceptors (Lipinski definition) is 4. The minimum Gasteiger partial charge on any atom is -0.229 e. The maximum absolute atomic E-state index is 11.4. The molecule has 18 heavy (non-hydrogen) atoms. The molecule has 1 aromatic carbocycles. The van der Waals surface area contributed by atoms with E-state index in [4.69, 9.17) is 0 Å². The second kappa shape index (κ2) is 5.84. The number of rotatable bonds is 6. The van der Waals surface area contributed by atoms with Crippen molar-refractivity contribution in [2.75, 3.05) is 11.5 Å². The van der Waals surface area contributed by atoms with Crippen molar-refractivity contribution in [3.63, 3.8) is 0 Å². The lowest BCUT2D eigenvalue weighted by Gasteiger charge is -2.04. The average Bonchev–Trinajstić information content (AvgIpc) is 2.31. The molecule has 0 aliphatic carbocycles. The molecular formula is C12H18O4S2. The molecule has 0 unspecified atom stereocenters. The fourth-order valence-corrected chi connectivity index (χ4v) is 3.25. The van der Waals surface area contributed by atoms with E-state index in [1.54, 1.807) is 38.1 Å². The molecule has 0 amide bonds. The summed E-state index contributed by atoms with van der Waals surface area (Å²) in [6, 6.07) is 6.70. The molecule has 0 N–H and O–H groups in total. The molecule has 0 bridgehead atoms. The van der Waals surface area contributed by atoms with Gasteiger partial charge >= 0.3 is 0 Å². The molecule has 1 aromatic rings. The van der Waals surface area contributed by atoms with Crippen LogP contribution in [0.15, 0.2) is 24.3 Å². The minimum atomic E-state index is -3.04. The molecule has 0 fully saturated rings. The first-order chi connectivity index (χ1) is 8.28. The Labute approximate surface area is 109 Å². The fourth-order valence-electron chi connectivity index (χ4n) is 1.44. The Morgan fingerprint density at radius 3 is 1.22 bits per heavy atom. The van der Waals surface area contributed by atoms with Gasteiger partial charge in [0.25, 0.3) is 0 Å². The summed E-state index contributed by atoms with van der Waals surface area (Å²) < 4.78 is 45.7. The first kappa shape index (κ1) is 15.2. The van der Waals surface area contributed by atoms with Crippen molar-refractivity contribution in [2.45, 2.75) is 25.4 Å². The SMILES string of the molecule is CCS(=O)(=O)Cc1ccc(CS(=O)(=O)CC)cc1. The van der Waals surface area contributed by atoms with Crippen molar-refractivity contribution >= 4 is 19.7 Å². The summed E-state index contributed by atoms with van der Waals surface area (Å²) >= 11 is 0. The highest BCUT2D eigenvalue weighted by Crippen LogP contribution is 2.11. The second-order valence-electron chi connectivity index (χ2n) is 4.17. The van der Waals surface area contributed by atoms with Crippen molar-refractivity contribution < 1.29 is 16.8 Å². The van der Waals surface area contributed by atoms with Gasteiger partial charge in [0.1, 0.15) is 0 Å². The zero-order valence-corrected chi connectivity index (χ0v) is 12.2. The summed E-state index contributed by atoms with van der Waals surface area (Å²) in [4.78, 5) is 0. The van der Waals surface area contributed by atoms with Gasteiger partial charge in [-0.25, -0.2) is 16.8 Å². The van der Waals surface area contributed by atoms with Gasteiger partial charge < -0.3 is 0 Å². The largest absolute Gasteiger partial charge is 0.229 e. The van der Waals surface area contributed by atoms with E-state index in [2.05, 4.69) is 0 Å². The van der Waals surface area contributed by atoms with E-state index < -0.39 is 19.7 Å². The van der Waals surface area contributed by atoms with Crippen molar-refractivity contribution in [3.05, 3.63) is 35.4 Å². The maximum Gasteiger partial charge on any atom is 0.154 e. The van der Waals surface area contributed by atoms with Crippen LogP contribution in [-0.2, 0) is 31.2 Å². The summed E-state index contributed by atoms with van der Waals surface area (Å²) in [5.74, 6) is 0.229. The Kier molecular flexibility index (Phi) is 4.92. The molecule has 1 rings (SSSR count). The summed E-state index contributed by atoms with van der Waals surface area (Å²) in [6.07, 6.45) is 0. The molecule has 0 aliphatic heterocycles. The predicted molar refractivity (Wildman–Crippen MR) is 72.8 cm³/mol. The Balaban J connectivity index is 2.81. The monoisotopic (exact) mass is 290 g/mol. The Morgan fingerprint density at radius 2 is 1.00 bits per heavy atom. The van der Waals surface area contributed by atoms with Gasteiger partial charge in [-0.05, 0) is 11.1 Å². The van der Waals surface area contributed by atoms with Crippen LogP contribution in [0.3, 0.4) is 0 Å². The molecular weight excluding hydrogens is 272 g/mol. The van der Waals surface area contributed by atoms with Gasteiger partial charge in [-0.1, -0.05) is 38.1 Å². The maximum atomic E-state index is 11.4. The average molecular weight is 290 g/mol. The number of hydrogen-bond donors (Lipinski definition) is 0. The van der Waals surface area contributed by atoms with E-state index >= 15 is 0 Å². The summed E-state index contributed by atoms with van der Waals surface area (Å²) in [5.41, 5.74) is 1.38. The van der Waals surface area contributed by atoms with Crippen LogP contribution in [0.1, 0.15) is 25.0 Å². The third-order valence-corrected chi connectivity index (χ3v) is 5.98. The zero-order chi connectivity index (χ0) is 13.8. The van der Waals surface area contributed by atoms with Gasteiger partial charge in [0, 0.05) is 11.5 Å². The van der Waals surface area contributed by atoms with E-state index in [0.717, 1.165) is 0 Å². The first-order valence-corrected chi connectivity index (χ1v) is 9.41. The molecule has 0 spiro atoms. The Bertz CT molecular complexity index is 528. The van der Waals surface area contributed by atoms with Crippen LogP contribution in [0.25, 0.3) is 0 Å². The van der Waals surface area contributed by atoms with Gasteiger partial charge in [0.15, 0.2) is 19.7 Å². The number of sulfone groups is 2. The minimum absolute atomic E-state index is 0.00427. The second-order valence-corrected chi connectivity index (χ2v) is 8.88. The fraction of sp³-hybridized carbons (Fsp3) is 0.500. The van der Waals surface area contributed by atoms with Gasteiger partial charge in [-0.2, -0.15) is 0 Å². The lowest BCUT2D eigenvalue weighted by atomic mass is 10.2. The first-order valence-electron chi connectivity index (χ1n) is 5.76. The van der Waals surface area contributed by atoms with Crippen LogP contribution in [0.5, 0.6) is 0 Å². The highest BCUT2D eigenvalue weighted by atomic mass is 32.2. The molecule has 4 nitrogen and oxygen atoms in total. The molecule has 0 saturated carbocycles. The molecule has 0 atom stereocenters. The zero-order valence-electron chi connectivity index (χ0n) is 10.6. The summed E-state index contributed by atoms with van der Waals surface area (Å²) in [7, 11) is -6.09. The van der Waals surface area contributed by atoms with Gasteiger partial charge in [0.05, 0.1) is 11.5 Å². The van der Waals surface area contributed by atoms with E-state index in [-0.39, 0.29) is 23.0 Å². The standard InChI is InChI=1S/C12H18O4S2/c1-3-17(13,14)9-11-5-7-12(8-6-11)10-18(15,16)4-2/h5-8H,3-4,9-10H2,1-2H3. The molecule has 6 heteroatoms. The smallest absolute Gasteiger partial charge is 0.154 e. The van der Waals surface area contributed by atoms with Crippen molar-refractivity contribution in [2.24, 2.45) is 0 Å². The topological polar surface area (TPSA) is 68.3 Å². The van der Waals surface area contributed by atoms with Crippen LogP contribution < -0.4 is 0 Å². The van der Waals surface area contributed by atoms with Crippen LogP contribution in [-0.4, -0.2) is 28.3 Å². The lowest BCUT2D eigenvalue weighted by molar-refractivity contribution is 0.594. The highest BCUT2D eigenvalue weighted by Gasteiger charge is 2.11. The number of benzene rings is 1. The predicted octanol–water partition coefficient (Wildman–Crippen LogP) is 1.56. The lowest BCUT2D eigenvalue weighted by Crippen LogP contribution is -2.08. The van der Waals surface area contributed by atoms with Crippen LogP contribution in [0, 0.1) is 0 Å². The Morgan fingerprint density at radius 1 is 0.722 bits per heavy atom. The van der Waals surface area contributed by atoms with Crippen molar-refractivity contribution in [3.8, 4) is 0 Å². The third kappa shape index (κ3) is 4.78. The molecule has 102 valence electrons. The normalized spacial score (nSPS) is 12.6. The molecule has 0 aromatic heterocycles. The summed E-state index contributed by atoms with van der Waals surface area (Å²) in [6.45, 7) is 3.22. The molecule has 0 aliphatic rings. The summed E-state index contributed by atoms with van der Waals surface area (Å²) in [5, 5.41) is 0. The third-order valence-electron chi connectivity index (χ3n) is 2.68. The van der Waals surface area contributed by atoms with Gasteiger partial charge in [-0.3, -0.25) is 0 Å². The van der Waals surface area contributed by atoms with Crippen molar-refractivity contribution in [1.82, 2.24) is 0 Å². The van der Waals surface area contributed by atoms with E-state index in [0.29, 0.717) is 11.1 Å². The molecule has 0 saturated heterocycles. The molecule has 0 heterocycles. The quantitative estimate of drug-likeness (QED) is 0.797. The van der Waals surface area contributed by atoms with E-state index in [1.807, 2.05) is 0 Å². The highest BCUT2D eigenvalue weighted by molar-refractivity contribution is 7.90. The Hall–Kier alpha value is -0.880. The van der Waals surface area contributed by atoms with Crippen LogP contribution in [0.4, 0.5) is 0 Å². The van der Waals surface area contributed by atoms with E-state index in [9.17, 15) is 16.8 Å². The van der Waals surface area contributed by atoms with Gasteiger partial charge in [0.2, 0.25) is 0 Å².